The fourth-order valence-corrected chi connectivity index (χ4v) is 4.22. The van der Waals surface area contributed by atoms with Gasteiger partial charge in [-0.15, -0.1) is 0 Å². The van der Waals surface area contributed by atoms with Crippen molar-refractivity contribution in [3.63, 3.8) is 0 Å². The molecule has 1 saturated heterocycles. The average Bonchev–Trinajstić information content (AvgIpc) is 3.40. The third-order valence-electron chi connectivity index (χ3n) is 5.02. The normalized spacial score (nSPS) is 16.8. The molecule has 1 fully saturated rings. The molecule has 0 saturated carbocycles. The van der Waals surface area contributed by atoms with Crippen LogP contribution in [0.1, 0.15) is 18.4 Å². The van der Waals surface area contributed by atoms with Gasteiger partial charge in [-0.25, -0.2) is 0 Å². The van der Waals surface area contributed by atoms with Gasteiger partial charge >= 0.3 is 0 Å². The van der Waals surface area contributed by atoms with Gasteiger partial charge in [-0.05, 0) is 65.1 Å². The second-order valence-electron chi connectivity index (χ2n) is 7.03. The van der Waals surface area contributed by atoms with Crippen LogP contribution in [0.5, 0.6) is 5.75 Å². The Morgan fingerprint density at radius 3 is 2.96 bits per heavy atom. The van der Waals surface area contributed by atoms with Crippen molar-refractivity contribution < 1.29 is 9.53 Å². The van der Waals surface area contributed by atoms with Crippen molar-refractivity contribution in [3.8, 4) is 17.0 Å². The van der Waals surface area contributed by atoms with Crippen LogP contribution in [0.2, 0.25) is 0 Å². The highest BCUT2D eigenvalue weighted by atomic mass is 32.1. The Balaban J connectivity index is 1.37. The van der Waals surface area contributed by atoms with Crippen LogP contribution in [-0.2, 0) is 11.2 Å². The first-order valence-electron chi connectivity index (χ1n) is 9.46. The van der Waals surface area contributed by atoms with Gasteiger partial charge in [0.25, 0.3) is 0 Å². The van der Waals surface area contributed by atoms with Crippen LogP contribution in [0.25, 0.3) is 11.3 Å². The van der Waals surface area contributed by atoms with Gasteiger partial charge < -0.3 is 15.0 Å². The number of piperidine rings is 1. The highest BCUT2D eigenvalue weighted by Gasteiger charge is 2.23. The molecule has 6 nitrogen and oxygen atoms in total. The smallest absolute Gasteiger partial charge is 0.224 e. The first-order valence-corrected chi connectivity index (χ1v) is 10.4. The van der Waals surface area contributed by atoms with Gasteiger partial charge in [-0.3, -0.25) is 9.89 Å². The standard InChI is InChI=1S/C21H24N4O2S/c1-27-18-6-4-16(5-7-18)19-12-20(24-23-19)25-9-2-3-17(13-25)22-21(26)11-15-8-10-28-14-15/h4-8,10,12,14,17H,2-3,9,11,13H2,1H3,(H,22,26)(H,23,24)/t17-/m1/s1. The number of thiophene rings is 1. The molecular weight excluding hydrogens is 372 g/mol. The number of hydrogen-bond acceptors (Lipinski definition) is 5. The number of carbonyl (C=O) groups is 1. The van der Waals surface area contributed by atoms with Crippen LogP contribution in [0.3, 0.4) is 0 Å². The summed E-state index contributed by atoms with van der Waals surface area (Å²) >= 11 is 1.62. The Kier molecular flexibility index (Phi) is 5.62. The summed E-state index contributed by atoms with van der Waals surface area (Å²) in [5.41, 5.74) is 3.12. The second-order valence-corrected chi connectivity index (χ2v) is 7.81. The molecule has 2 N–H and O–H groups in total. The van der Waals surface area contributed by atoms with Gasteiger partial charge in [0.15, 0.2) is 5.82 Å². The van der Waals surface area contributed by atoms with E-state index >= 15 is 0 Å². The fourth-order valence-electron chi connectivity index (χ4n) is 3.55. The largest absolute Gasteiger partial charge is 0.497 e. The Morgan fingerprint density at radius 2 is 2.21 bits per heavy atom. The molecule has 1 amide bonds. The topological polar surface area (TPSA) is 70.2 Å². The zero-order valence-electron chi connectivity index (χ0n) is 15.9. The Morgan fingerprint density at radius 1 is 1.36 bits per heavy atom. The van der Waals surface area contributed by atoms with Crippen molar-refractivity contribution in [1.82, 2.24) is 15.5 Å². The van der Waals surface area contributed by atoms with E-state index in [9.17, 15) is 4.79 Å². The molecule has 1 atom stereocenters. The first-order chi connectivity index (χ1) is 13.7. The molecule has 0 bridgehead atoms. The number of ether oxygens (including phenoxy) is 1. The maximum absolute atomic E-state index is 12.3. The third kappa shape index (κ3) is 4.36. The van der Waals surface area contributed by atoms with Crippen LogP contribution < -0.4 is 15.0 Å². The van der Waals surface area contributed by atoms with Gasteiger partial charge in [0.05, 0.1) is 19.2 Å². The van der Waals surface area contributed by atoms with Gasteiger partial charge in [0.1, 0.15) is 5.75 Å². The molecule has 0 radical (unpaired) electrons. The Hall–Kier alpha value is -2.80. The van der Waals surface area contributed by atoms with Crippen LogP contribution in [-0.4, -0.2) is 42.3 Å². The van der Waals surface area contributed by atoms with E-state index in [0.29, 0.717) is 6.42 Å². The van der Waals surface area contributed by atoms with E-state index in [1.165, 1.54) is 0 Å². The minimum atomic E-state index is 0.0891. The SMILES string of the molecule is COc1ccc(-c2cc(N3CCC[C@@H](NC(=O)Cc4ccsc4)C3)n[nH]2)cc1. The number of hydrogen-bond donors (Lipinski definition) is 2. The fraction of sp³-hybridized carbons (Fsp3) is 0.333. The maximum atomic E-state index is 12.3. The first kappa shape index (κ1) is 18.6. The number of benzene rings is 1. The summed E-state index contributed by atoms with van der Waals surface area (Å²) in [6.07, 6.45) is 2.49. The van der Waals surface area contributed by atoms with Crippen LogP contribution in [0.15, 0.2) is 47.2 Å². The Bertz CT molecular complexity index is 905. The molecule has 1 aliphatic rings. The van der Waals surface area contributed by atoms with E-state index in [4.69, 9.17) is 4.74 Å². The predicted octanol–water partition coefficient (Wildman–Crippen LogP) is 3.47. The number of amides is 1. The molecule has 0 unspecified atom stereocenters. The van der Waals surface area contributed by atoms with Gasteiger partial charge in [-0.1, -0.05) is 0 Å². The van der Waals surface area contributed by atoms with E-state index < -0.39 is 0 Å². The average molecular weight is 397 g/mol. The van der Waals surface area contributed by atoms with Crippen LogP contribution >= 0.6 is 11.3 Å². The summed E-state index contributed by atoms with van der Waals surface area (Å²) in [7, 11) is 1.66. The number of anilines is 1. The zero-order chi connectivity index (χ0) is 19.3. The molecule has 28 heavy (non-hydrogen) atoms. The molecule has 3 aromatic rings. The Labute approximate surface area is 168 Å². The predicted molar refractivity (Wildman–Crippen MR) is 112 cm³/mol. The molecule has 1 aliphatic heterocycles. The molecule has 146 valence electrons. The molecule has 1 aromatic carbocycles. The van der Waals surface area contributed by atoms with Crippen molar-refractivity contribution in [2.45, 2.75) is 25.3 Å². The van der Waals surface area contributed by atoms with E-state index in [2.05, 4.69) is 26.5 Å². The summed E-state index contributed by atoms with van der Waals surface area (Å²) in [4.78, 5) is 14.5. The maximum Gasteiger partial charge on any atom is 0.224 e. The molecule has 4 rings (SSSR count). The minimum Gasteiger partial charge on any atom is -0.497 e. The van der Waals surface area contributed by atoms with Crippen molar-refractivity contribution >= 4 is 23.1 Å². The summed E-state index contributed by atoms with van der Waals surface area (Å²) in [5.74, 6) is 1.84. The van der Waals surface area contributed by atoms with E-state index in [0.717, 1.165) is 54.3 Å². The molecular formula is C21H24N4O2S. The summed E-state index contributed by atoms with van der Waals surface area (Å²) in [6.45, 7) is 1.73. The number of nitrogens with one attached hydrogen (secondary N) is 2. The molecule has 0 aliphatic carbocycles. The van der Waals surface area contributed by atoms with Crippen LogP contribution in [0, 0.1) is 0 Å². The highest BCUT2D eigenvalue weighted by Crippen LogP contribution is 2.25. The van der Waals surface area contributed by atoms with Crippen molar-refractivity contribution in [2.75, 3.05) is 25.1 Å². The second kappa shape index (κ2) is 8.48. The lowest BCUT2D eigenvalue weighted by Gasteiger charge is -2.33. The van der Waals surface area contributed by atoms with Crippen LogP contribution in [0.4, 0.5) is 5.82 Å². The highest BCUT2D eigenvalue weighted by molar-refractivity contribution is 7.08. The number of H-pyrrole nitrogens is 1. The van der Waals surface area contributed by atoms with Crippen molar-refractivity contribution in [3.05, 3.63) is 52.7 Å². The van der Waals surface area contributed by atoms with Gasteiger partial charge in [-0.2, -0.15) is 16.4 Å². The quantitative estimate of drug-likeness (QED) is 0.669. The summed E-state index contributed by atoms with van der Waals surface area (Å²) in [6, 6.07) is 12.1. The summed E-state index contributed by atoms with van der Waals surface area (Å²) < 4.78 is 5.21. The van der Waals surface area contributed by atoms with Gasteiger partial charge in [0.2, 0.25) is 5.91 Å². The molecule has 3 heterocycles. The van der Waals surface area contributed by atoms with Crippen molar-refractivity contribution in [1.29, 1.82) is 0 Å². The van der Waals surface area contributed by atoms with E-state index in [1.807, 2.05) is 41.1 Å². The number of carbonyl (C=O) groups excluding carboxylic acids is 1. The number of aromatic nitrogens is 2. The van der Waals surface area contributed by atoms with E-state index in [1.54, 1.807) is 18.4 Å². The molecule has 0 spiro atoms. The van der Waals surface area contributed by atoms with Crippen molar-refractivity contribution in [2.24, 2.45) is 0 Å². The van der Waals surface area contributed by atoms with Gasteiger partial charge in [0, 0.05) is 25.2 Å². The summed E-state index contributed by atoms with van der Waals surface area (Å²) in [5, 5.41) is 14.8. The number of rotatable bonds is 6. The zero-order valence-corrected chi connectivity index (χ0v) is 16.7. The lowest BCUT2D eigenvalue weighted by Crippen LogP contribution is -2.48. The number of methoxy groups -OCH3 is 1. The lowest BCUT2D eigenvalue weighted by atomic mass is 10.0. The minimum absolute atomic E-state index is 0.0891. The monoisotopic (exact) mass is 396 g/mol. The molecule has 2 aromatic heterocycles. The molecule has 7 heteroatoms. The number of aromatic amines is 1. The lowest BCUT2D eigenvalue weighted by molar-refractivity contribution is -0.121. The number of nitrogens with zero attached hydrogens (tertiary/aromatic N) is 2. The third-order valence-corrected chi connectivity index (χ3v) is 5.75. The van der Waals surface area contributed by atoms with E-state index in [-0.39, 0.29) is 11.9 Å².